The maximum atomic E-state index is 4.24. The van der Waals surface area contributed by atoms with Crippen molar-refractivity contribution in [2.45, 2.75) is 45.7 Å². The number of tetrazole rings is 1. The van der Waals surface area contributed by atoms with Gasteiger partial charge in [-0.1, -0.05) is 6.92 Å². The Hall–Kier alpha value is -1.01. The zero-order chi connectivity index (χ0) is 13.8. The first-order valence-corrected chi connectivity index (χ1v) is 7.99. The van der Waals surface area contributed by atoms with Crippen LogP contribution >= 0.6 is 0 Å². The molecule has 0 aromatic carbocycles. The van der Waals surface area contributed by atoms with E-state index in [9.17, 15) is 0 Å². The molecule has 112 valence electrons. The minimum atomic E-state index is 0.722. The number of likely N-dealkylation sites (tertiary alicyclic amines) is 1. The van der Waals surface area contributed by atoms with Crippen molar-refractivity contribution in [3.05, 3.63) is 5.82 Å². The van der Waals surface area contributed by atoms with Crippen LogP contribution in [0.15, 0.2) is 0 Å². The summed E-state index contributed by atoms with van der Waals surface area (Å²) in [5, 5.41) is 15.7. The zero-order valence-corrected chi connectivity index (χ0v) is 12.5. The van der Waals surface area contributed by atoms with Crippen molar-refractivity contribution >= 4 is 0 Å². The Balaban J connectivity index is 1.55. The molecule has 0 aliphatic carbocycles. The Bertz CT molecular complexity index is 404. The Morgan fingerprint density at radius 2 is 1.90 bits per heavy atom. The molecule has 2 aliphatic heterocycles. The summed E-state index contributed by atoms with van der Waals surface area (Å²) in [6.07, 6.45) is 5.08. The first kappa shape index (κ1) is 13.9. The smallest absolute Gasteiger partial charge is 0.165 e. The standard InChI is InChI=1S/C14H26N6/c1-12-4-8-19(9-5-12)11-14-16-17-18-20(14)10-13-2-6-15-7-3-13/h12-13,15H,2-11H2,1H3. The summed E-state index contributed by atoms with van der Waals surface area (Å²) < 4.78 is 2.04. The van der Waals surface area contributed by atoms with E-state index < -0.39 is 0 Å². The zero-order valence-electron chi connectivity index (χ0n) is 12.5. The SMILES string of the molecule is CC1CCN(Cc2nnnn2CC2CCNCC2)CC1. The predicted molar refractivity (Wildman–Crippen MR) is 77.1 cm³/mol. The fourth-order valence-electron chi connectivity index (χ4n) is 3.21. The van der Waals surface area contributed by atoms with Gasteiger partial charge in [0.05, 0.1) is 6.54 Å². The third kappa shape index (κ3) is 3.55. The van der Waals surface area contributed by atoms with Crippen LogP contribution in [0.2, 0.25) is 0 Å². The Morgan fingerprint density at radius 3 is 2.65 bits per heavy atom. The summed E-state index contributed by atoms with van der Waals surface area (Å²) in [7, 11) is 0. The molecule has 0 atom stereocenters. The maximum absolute atomic E-state index is 4.24. The normalized spacial score (nSPS) is 23.2. The van der Waals surface area contributed by atoms with E-state index in [-0.39, 0.29) is 0 Å². The molecule has 0 bridgehead atoms. The van der Waals surface area contributed by atoms with Gasteiger partial charge in [0, 0.05) is 6.54 Å². The highest BCUT2D eigenvalue weighted by molar-refractivity contribution is 4.84. The second-order valence-corrected chi connectivity index (χ2v) is 6.43. The van der Waals surface area contributed by atoms with Crippen LogP contribution in [0.25, 0.3) is 0 Å². The molecule has 3 heterocycles. The summed E-state index contributed by atoms with van der Waals surface area (Å²) in [4.78, 5) is 2.49. The maximum Gasteiger partial charge on any atom is 0.165 e. The van der Waals surface area contributed by atoms with E-state index >= 15 is 0 Å². The van der Waals surface area contributed by atoms with Gasteiger partial charge in [-0.05, 0) is 74.1 Å². The number of hydrogen-bond acceptors (Lipinski definition) is 5. The first-order valence-electron chi connectivity index (χ1n) is 7.99. The van der Waals surface area contributed by atoms with Gasteiger partial charge in [-0.3, -0.25) is 4.90 Å². The molecule has 0 spiro atoms. The largest absolute Gasteiger partial charge is 0.317 e. The molecule has 3 rings (SSSR count). The van der Waals surface area contributed by atoms with Crippen LogP contribution in [0.3, 0.4) is 0 Å². The van der Waals surface area contributed by atoms with Crippen molar-refractivity contribution in [1.82, 2.24) is 30.4 Å². The van der Waals surface area contributed by atoms with Crippen molar-refractivity contribution in [3.63, 3.8) is 0 Å². The van der Waals surface area contributed by atoms with Gasteiger partial charge < -0.3 is 5.32 Å². The lowest BCUT2D eigenvalue weighted by Crippen LogP contribution is -2.34. The minimum absolute atomic E-state index is 0.722. The van der Waals surface area contributed by atoms with Gasteiger partial charge in [0.2, 0.25) is 0 Å². The fourth-order valence-corrected chi connectivity index (χ4v) is 3.21. The van der Waals surface area contributed by atoms with Crippen molar-refractivity contribution in [1.29, 1.82) is 0 Å². The van der Waals surface area contributed by atoms with Crippen LogP contribution in [0.1, 0.15) is 38.4 Å². The van der Waals surface area contributed by atoms with Gasteiger partial charge in [-0.25, -0.2) is 4.68 Å². The second kappa shape index (κ2) is 6.63. The Kier molecular flexibility index (Phi) is 4.62. The van der Waals surface area contributed by atoms with Gasteiger partial charge in [0.15, 0.2) is 5.82 Å². The molecular weight excluding hydrogens is 252 g/mol. The molecule has 2 aliphatic rings. The van der Waals surface area contributed by atoms with Crippen LogP contribution in [0, 0.1) is 11.8 Å². The number of rotatable bonds is 4. The molecule has 2 fully saturated rings. The third-order valence-electron chi connectivity index (χ3n) is 4.74. The molecule has 1 aromatic rings. The highest BCUT2D eigenvalue weighted by atomic mass is 15.5. The number of piperidine rings is 2. The van der Waals surface area contributed by atoms with Gasteiger partial charge in [-0.2, -0.15) is 0 Å². The topological polar surface area (TPSA) is 58.9 Å². The summed E-state index contributed by atoms with van der Waals surface area (Å²) in [5.74, 6) is 2.63. The second-order valence-electron chi connectivity index (χ2n) is 6.43. The summed E-state index contributed by atoms with van der Waals surface area (Å²) in [6, 6.07) is 0. The molecule has 1 aromatic heterocycles. The molecule has 0 unspecified atom stereocenters. The molecule has 0 saturated carbocycles. The van der Waals surface area contributed by atoms with E-state index in [1.54, 1.807) is 0 Å². The van der Waals surface area contributed by atoms with E-state index in [1.807, 2.05) is 4.68 Å². The molecule has 6 heteroatoms. The number of hydrogen-bond donors (Lipinski definition) is 1. The van der Waals surface area contributed by atoms with E-state index in [1.165, 1.54) is 38.8 Å². The summed E-state index contributed by atoms with van der Waals surface area (Å²) >= 11 is 0. The first-order chi connectivity index (χ1) is 9.81. The van der Waals surface area contributed by atoms with E-state index in [2.05, 4.69) is 32.7 Å². The molecular formula is C14H26N6. The van der Waals surface area contributed by atoms with Gasteiger partial charge in [0.25, 0.3) is 0 Å². The Labute approximate surface area is 120 Å². The molecule has 1 N–H and O–H groups in total. The molecule has 0 amide bonds. The predicted octanol–water partition coefficient (Wildman–Crippen LogP) is 0.905. The summed E-state index contributed by atoms with van der Waals surface area (Å²) in [5.41, 5.74) is 0. The van der Waals surface area contributed by atoms with Gasteiger partial charge >= 0.3 is 0 Å². The lowest BCUT2D eigenvalue weighted by atomic mass is 9.98. The fraction of sp³-hybridized carbons (Fsp3) is 0.929. The van der Waals surface area contributed by atoms with Gasteiger partial charge in [0.1, 0.15) is 0 Å². The summed E-state index contributed by atoms with van der Waals surface area (Å²) in [6.45, 7) is 8.86. The Morgan fingerprint density at radius 1 is 1.15 bits per heavy atom. The van der Waals surface area contributed by atoms with Crippen LogP contribution in [-0.4, -0.2) is 51.3 Å². The van der Waals surface area contributed by atoms with Crippen LogP contribution in [-0.2, 0) is 13.1 Å². The average Bonchev–Trinajstić information content (AvgIpc) is 2.90. The molecule has 2 saturated heterocycles. The van der Waals surface area contributed by atoms with Crippen molar-refractivity contribution in [2.75, 3.05) is 26.2 Å². The third-order valence-corrected chi connectivity index (χ3v) is 4.74. The number of nitrogens with one attached hydrogen (secondary N) is 1. The number of nitrogens with zero attached hydrogens (tertiary/aromatic N) is 5. The molecule has 20 heavy (non-hydrogen) atoms. The highest BCUT2D eigenvalue weighted by Crippen LogP contribution is 2.18. The number of aromatic nitrogens is 4. The highest BCUT2D eigenvalue weighted by Gasteiger charge is 2.20. The van der Waals surface area contributed by atoms with Gasteiger partial charge in [-0.15, -0.1) is 5.10 Å². The lowest BCUT2D eigenvalue weighted by Gasteiger charge is -2.29. The van der Waals surface area contributed by atoms with Crippen LogP contribution < -0.4 is 5.32 Å². The van der Waals surface area contributed by atoms with E-state index in [0.717, 1.165) is 43.8 Å². The van der Waals surface area contributed by atoms with Crippen molar-refractivity contribution in [3.8, 4) is 0 Å². The molecule has 6 nitrogen and oxygen atoms in total. The van der Waals surface area contributed by atoms with E-state index in [0.29, 0.717) is 0 Å². The van der Waals surface area contributed by atoms with Crippen LogP contribution in [0.4, 0.5) is 0 Å². The molecule has 0 radical (unpaired) electrons. The minimum Gasteiger partial charge on any atom is -0.317 e. The van der Waals surface area contributed by atoms with Crippen molar-refractivity contribution in [2.24, 2.45) is 11.8 Å². The van der Waals surface area contributed by atoms with Crippen LogP contribution in [0.5, 0.6) is 0 Å². The van der Waals surface area contributed by atoms with E-state index in [4.69, 9.17) is 0 Å². The lowest BCUT2D eigenvalue weighted by molar-refractivity contribution is 0.177. The average molecular weight is 278 g/mol. The van der Waals surface area contributed by atoms with Crippen molar-refractivity contribution < 1.29 is 0 Å². The monoisotopic (exact) mass is 278 g/mol. The quantitative estimate of drug-likeness (QED) is 0.887.